The minimum absolute atomic E-state index is 0.0363. The van der Waals surface area contributed by atoms with E-state index in [2.05, 4.69) is 10.3 Å². The number of rotatable bonds is 1. The highest BCUT2D eigenvalue weighted by Crippen LogP contribution is 2.30. The Balaban J connectivity index is 1.66. The summed E-state index contributed by atoms with van der Waals surface area (Å²) in [6.07, 6.45) is 2.02. The topological polar surface area (TPSA) is 80.8 Å². The number of fused-ring (bicyclic) bond motifs is 3. The number of alkyl halides is 3. The average molecular weight is 492 g/mol. The fourth-order valence-corrected chi connectivity index (χ4v) is 4.56. The number of nitrogens with one attached hydrogen (secondary N) is 1. The van der Waals surface area contributed by atoms with E-state index in [-0.39, 0.29) is 19.4 Å². The molecule has 1 aromatic carbocycles. The lowest BCUT2D eigenvalue weighted by molar-refractivity contribution is -0.160. The van der Waals surface area contributed by atoms with E-state index in [0.717, 1.165) is 16.3 Å². The standard InChI is InChI=1S/C25H28F3N3O4/c1-34-24(33)20-13-18-15-31(20)22(32)14-30-21(25(26,27)28)7-5-3-2-4-6-16-8-9-17-10-11-29-23(35-18)19(17)12-16/h4,6,8-12,18,20-21,30H,2-3,5,7,13-15H2,1H3/t18-,20+,21?/m1/s1. The lowest BCUT2D eigenvalue weighted by Crippen LogP contribution is -2.50. The Kier molecular flexibility index (Phi) is 7.59. The van der Waals surface area contributed by atoms with Crippen LogP contribution in [0, 0.1) is 0 Å². The number of esters is 1. The van der Waals surface area contributed by atoms with Crippen LogP contribution in [0.1, 0.15) is 37.7 Å². The number of allylic oxidation sites excluding steroid dienone is 1. The first-order valence-corrected chi connectivity index (χ1v) is 11.7. The van der Waals surface area contributed by atoms with Gasteiger partial charge in [-0.3, -0.25) is 10.1 Å². The van der Waals surface area contributed by atoms with Gasteiger partial charge in [0, 0.05) is 18.0 Å². The summed E-state index contributed by atoms with van der Waals surface area (Å²) in [4.78, 5) is 30.9. The molecule has 2 aromatic rings. The van der Waals surface area contributed by atoms with E-state index in [1.54, 1.807) is 6.20 Å². The monoisotopic (exact) mass is 491 g/mol. The van der Waals surface area contributed by atoms with Crippen molar-refractivity contribution >= 4 is 28.7 Å². The SMILES string of the molecule is COC(=O)[C@@H]1C[C@@H]2CN1C(=O)CNC(C(F)(F)F)CCCCC=Cc1ccc3ccnc(c3c1)O2. The molecule has 1 aromatic heterocycles. The summed E-state index contributed by atoms with van der Waals surface area (Å²) in [6, 6.07) is 4.96. The first-order valence-electron chi connectivity index (χ1n) is 11.7. The molecule has 1 saturated heterocycles. The Labute approximate surface area is 201 Å². The highest BCUT2D eigenvalue weighted by Gasteiger charge is 2.43. The van der Waals surface area contributed by atoms with Gasteiger partial charge in [0.25, 0.3) is 0 Å². The van der Waals surface area contributed by atoms with Gasteiger partial charge < -0.3 is 14.4 Å². The van der Waals surface area contributed by atoms with E-state index in [0.29, 0.717) is 25.1 Å². The largest absolute Gasteiger partial charge is 0.472 e. The molecule has 35 heavy (non-hydrogen) atoms. The highest BCUT2D eigenvalue weighted by molar-refractivity contribution is 5.89. The van der Waals surface area contributed by atoms with Crippen LogP contribution in [0.3, 0.4) is 0 Å². The summed E-state index contributed by atoms with van der Waals surface area (Å²) < 4.78 is 51.6. The van der Waals surface area contributed by atoms with Gasteiger partial charge in [0.05, 0.1) is 20.2 Å². The third kappa shape index (κ3) is 5.93. The van der Waals surface area contributed by atoms with Gasteiger partial charge >= 0.3 is 12.1 Å². The second-order valence-electron chi connectivity index (χ2n) is 8.82. The Morgan fingerprint density at radius 1 is 1.26 bits per heavy atom. The number of methoxy groups -OCH3 is 1. The fraction of sp³-hybridized carbons (Fsp3) is 0.480. The number of ether oxygens (including phenoxy) is 2. The second kappa shape index (κ2) is 10.6. The van der Waals surface area contributed by atoms with Gasteiger partial charge in [-0.1, -0.05) is 30.7 Å². The van der Waals surface area contributed by atoms with Crippen LogP contribution in [0.25, 0.3) is 16.8 Å². The fourth-order valence-electron chi connectivity index (χ4n) is 4.56. The zero-order valence-corrected chi connectivity index (χ0v) is 19.4. The van der Waals surface area contributed by atoms with Crippen molar-refractivity contribution in [1.29, 1.82) is 0 Å². The number of pyridine rings is 1. The van der Waals surface area contributed by atoms with Crippen molar-refractivity contribution in [3.8, 4) is 5.88 Å². The molecule has 2 aliphatic rings. The molecule has 188 valence electrons. The summed E-state index contributed by atoms with van der Waals surface area (Å²) in [6.45, 7) is -0.505. The molecule has 3 atom stereocenters. The Morgan fingerprint density at radius 3 is 2.86 bits per heavy atom. The molecular weight excluding hydrogens is 463 g/mol. The van der Waals surface area contributed by atoms with Gasteiger partial charge in [-0.05, 0) is 42.3 Å². The lowest BCUT2D eigenvalue weighted by Gasteiger charge is -2.25. The molecular formula is C25H28F3N3O4. The Morgan fingerprint density at radius 2 is 2.09 bits per heavy atom. The van der Waals surface area contributed by atoms with Gasteiger partial charge in [0.2, 0.25) is 11.8 Å². The Bertz CT molecular complexity index is 1110. The number of hydrogen-bond donors (Lipinski definition) is 1. The predicted molar refractivity (Wildman–Crippen MR) is 124 cm³/mol. The number of amides is 1. The van der Waals surface area contributed by atoms with Crippen LogP contribution in [-0.4, -0.2) is 66.3 Å². The number of nitrogens with zero attached hydrogens (tertiary/aromatic N) is 2. The van der Waals surface area contributed by atoms with Gasteiger partial charge in [0.15, 0.2) is 0 Å². The van der Waals surface area contributed by atoms with Crippen molar-refractivity contribution in [2.24, 2.45) is 0 Å². The Hall–Kier alpha value is -3.14. The van der Waals surface area contributed by atoms with E-state index >= 15 is 0 Å². The molecule has 4 bridgehead atoms. The van der Waals surface area contributed by atoms with Gasteiger partial charge in [-0.15, -0.1) is 0 Å². The molecule has 1 amide bonds. The van der Waals surface area contributed by atoms with E-state index in [9.17, 15) is 22.8 Å². The smallest absolute Gasteiger partial charge is 0.403 e. The number of hydrogen-bond acceptors (Lipinski definition) is 6. The first-order chi connectivity index (χ1) is 16.8. The van der Waals surface area contributed by atoms with Crippen molar-refractivity contribution < 1.29 is 32.2 Å². The van der Waals surface area contributed by atoms with Crippen molar-refractivity contribution in [3.63, 3.8) is 0 Å². The van der Waals surface area contributed by atoms with Gasteiger partial charge in [0.1, 0.15) is 18.2 Å². The molecule has 0 radical (unpaired) electrons. The van der Waals surface area contributed by atoms with Crippen LogP contribution in [-0.2, 0) is 14.3 Å². The van der Waals surface area contributed by atoms with Crippen LogP contribution in [0.2, 0.25) is 0 Å². The number of halogens is 3. The summed E-state index contributed by atoms with van der Waals surface area (Å²) in [5, 5.41) is 4.08. The molecule has 1 unspecified atom stereocenters. The van der Waals surface area contributed by atoms with Crippen LogP contribution < -0.4 is 10.1 Å². The maximum Gasteiger partial charge on any atom is 0.403 e. The normalized spacial score (nSPS) is 24.2. The van der Waals surface area contributed by atoms with Crippen molar-refractivity contribution in [1.82, 2.24) is 15.2 Å². The summed E-state index contributed by atoms with van der Waals surface area (Å²) >= 11 is 0. The third-order valence-electron chi connectivity index (χ3n) is 6.41. The van der Waals surface area contributed by atoms with Crippen LogP contribution in [0.4, 0.5) is 13.2 Å². The highest BCUT2D eigenvalue weighted by atomic mass is 19.4. The molecule has 1 fully saturated rings. The van der Waals surface area contributed by atoms with E-state index in [1.807, 2.05) is 36.4 Å². The summed E-state index contributed by atoms with van der Waals surface area (Å²) in [7, 11) is 1.21. The van der Waals surface area contributed by atoms with Crippen molar-refractivity contribution in [2.75, 3.05) is 20.2 Å². The molecule has 0 aliphatic carbocycles. The average Bonchev–Trinajstić information content (AvgIpc) is 3.25. The first kappa shape index (κ1) is 25.0. The zero-order valence-electron chi connectivity index (χ0n) is 19.4. The number of aromatic nitrogens is 1. The lowest BCUT2D eigenvalue weighted by atomic mass is 10.1. The van der Waals surface area contributed by atoms with Crippen LogP contribution >= 0.6 is 0 Å². The summed E-state index contributed by atoms with van der Waals surface area (Å²) in [5.41, 5.74) is 0.918. The molecule has 4 rings (SSSR count). The molecule has 0 saturated carbocycles. The molecule has 10 heteroatoms. The molecule has 2 aliphatic heterocycles. The van der Waals surface area contributed by atoms with Gasteiger partial charge in [-0.25, -0.2) is 9.78 Å². The van der Waals surface area contributed by atoms with E-state index < -0.39 is 42.8 Å². The number of carbonyl (C=O) groups excluding carboxylic acids is 2. The predicted octanol–water partition coefficient (Wildman–Crippen LogP) is 3.86. The van der Waals surface area contributed by atoms with Crippen molar-refractivity contribution in [2.45, 2.75) is 56.5 Å². The number of benzene rings is 1. The summed E-state index contributed by atoms with van der Waals surface area (Å²) in [5.74, 6) is -0.879. The molecule has 1 N–H and O–H groups in total. The minimum atomic E-state index is -4.49. The van der Waals surface area contributed by atoms with Crippen LogP contribution in [0.5, 0.6) is 5.88 Å². The van der Waals surface area contributed by atoms with Crippen LogP contribution in [0.15, 0.2) is 36.5 Å². The van der Waals surface area contributed by atoms with E-state index in [4.69, 9.17) is 9.47 Å². The molecule has 7 nitrogen and oxygen atoms in total. The maximum atomic E-state index is 13.5. The van der Waals surface area contributed by atoms with Crippen molar-refractivity contribution in [3.05, 3.63) is 42.1 Å². The molecule has 0 spiro atoms. The quantitative estimate of drug-likeness (QED) is 0.611. The zero-order chi connectivity index (χ0) is 25.0. The maximum absolute atomic E-state index is 13.5. The number of carbonyl (C=O) groups is 2. The molecule has 3 heterocycles. The minimum Gasteiger partial charge on any atom is -0.472 e. The van der Waals surface area contributed by atoms with Gasteiger partial charge in [-0.2, -0.15) is 13.2 Å². The third-order valence-corrected chi connectivity index (χ3v) is 6.41. The van der Waals surface area contributed by atoms with E-state index in [1.165, 1.54) is 12.0 Å². The second-order valence-corrected chi connectivity index (χ2v) is 8.82.